The van der Waals surface area contributed by atoms with Crippen LogP contribution in [-0.4, -0.2) is 64.9 Å². The number of aromatic nitrogens is 2. The number of carbonyl (C=O) groups excluding carboxylic acids is 1. The maximum Gasteiger partial charge on any atom is 0.421 e. The van der Waals surface area contributed by atoms with Gasteiger partial charge in [0.05, 0.1) is 0 Å². The van der Waals surface area contributed by atoms with Crippen molar-refractivity contribution in [3.63, 3.8) is 0 Å². The number of likely N-dealkylation sites (N-methyl/N-ethyl adjacent to an activating group) is 1. The quantitative estimate of drug-likeness (QED) is 0.637. The number of hydrogen-bond acceptors (Lipinski definition) is 6. The van der Waals surface area contributed by atoms with Gasteiger partial charge in [-0.2, -0.15) is 18.2 Å². The first-order valence-corrected chi connectivity index (χ1v) is 11.5. The van der Waals surface area contributed by atoms with Crippen LogP contribution in [0.1, 0.15) is 35.2 Å². The largest absolute Gasteiger partial charge is 0.421 e. The van der Waals surface area contributed by atoms with Crippen molar-refractivity contribution >= 4 is 23.4 Å². The van der Waals surface area contributed by atoms with Crippen LogP contribution in [0.4, 0.5) is 30.6 Å². The molecule has 1 amide bonds. The molecule has 0 radical (unpaired) electrons. The van der Waals surface area contributed by atoms with Gasteiger partial charge in [-0.1, -0.05) is 11.6 Å². The molecule has 1 fully saturated rings. The number of piperazine rings is 1. The predicted molar refractivity (Wildman–Crippen MR) is 123 cm³/mol. The third kappa shape index (κ3) is 4.72. The van der Waals surface area contributed by atoms with Crippen molar-refractivity contribution in [2.75, 3.05) is 43.9 Å². The van der Waals surface area contributed by atoms with Gasteiger partial charge in [0.2, 0.25) is 5.95 Å². The van der Waals surface area contributed by atoms with Gasteiger partial charge in [-0.25, -0.2) is 4.98 Å². The first-order chi connectivity index (χ1) is 16.3. The van der Waals surface area contributed by atoms with Crippen molar-refractivity contribution in [3.8, 4) is 0 Å². The fraction of sp³-hybridized carbons (Fsp3) is 0.458. The number of fused-ring (bicyclic) bond motifs is 1. The average Bonchev–Trinajstić information content (AvgIpc) is 3.42. The Morgan fingerprint density at radius 2 is 1.85 bits per heavy atom. The summed E-state index contributed by atoms with van der Waals surface area (Å²) in [7, 11) is 2.03. The Morgan fingerprint density at radius 1 is 1.12 bits per heavy atom. The topological polar surface area (TPSA) is 73.4 Å². The molecule has 3 aliphatic rings. The lowest BCUT2D eigenvalue weighted by atomic mass is 9.93. The van der Waals surface area contributed by atoms with Crippen molar-refractivity contribution in [1.29, 1.82) is 0 Å². The van der Waals surface area contributed by atoms with Gasteiger partial charge in [-0.15, -0.1) is 0 Å². The minimum Gasteiger partial charge on any atom is -0.366 e. The minimum atomic E-state index is -4.55. The summed E-state index contributed by atoms with van der Waals surface area (Å²) in [6.45, 7) is 3.05. The van der Waals surface area contributed by atoms with Gasteiger partial charge in [-0.05, 0) is 56.5 Å². The lowest BCUT2D eigenvalue weighted by molar-refractivity contribution is -0.137. The molecule has 1 aliphatic heterocycles. The van der Waals surface area contributed by atoms with E-state index in [9.17, 15) is 18.0 Å². The first-order valence-electron chi connectivity index (χ1n) is 11.5. The molecule has 2 aliphatic carbocycles. The summed E-state index contributed by atoms with van der Waals surface area (Å²) in [5, 5.41) is 5.98. The molecule has 7 nitrogen and oxygen atoms in total. The number of benzene rings is 1. The van der Waals surface area contributed by atoms with E-state index in [-0.39, 0.29) is 29.6 Å². The second-order valence-electron chi connectivity index (χ2n) is 9.23. The van der Waals surface area contributed by atoms with Gasteiger partial charge >= 0.3 is 6.18 Å². The van der Waals surface area contributed by atoms with Crippen molar-refractivity contribution < 1.29 is 18.0 Å². The summed E-state index contributed by atoms with van der Waals surface area (Å²) < 4.78 is 40.7. The Kier molecular flexibility index (Phi) is 5.93. The van der Waals surface area contributed by atoms with E-state index >= 15 is 0 Å². The Bertz CT molecular complexity index is 1090. The molecule has 2 atom stereocenters. The summed E-state index contributed by atoms with van der Waals surface area (Å²) in [5.41, 5.74) is 1.58. The van der Waals surface area contributed by atoms with E-state index < -0.39 is 11.7 Å². The van der Waals surface area contributed by atoms with Gasteiger partial charge in [0.1, 0.15) is 11.4 Å². The van der Waals surface area contributed by atoms with Gasteiger partial charge in [0.25, 0.3) is 5.91 Å². The van der Waals surface area contributed by atoms with Crippen LogP contribution in [0.5, 0.6) is 0 Å². The average molecular weight is 473 g/mol. The Labute approximate surface area is 196 Å². The second-order valence-corrected chi connectivity index (χ2v) is 9.23. The predicted octanol–water partition coefficient (Wildman–Crippen LogP) is 4.15. The number of amides is 1. The standard InChI is InChI=1S/C24H27F3N6O/c1-32-8-10-33(11-9-32)22(34)16-4-6-18(7-5-16)29-23-28-14-19(24(25,26)27)21(31-23)30-20-13-15-2-3-17(20)12-15/h4-7,12,14,17,20H,2-3,8-11,13H2,1H3,(H2,28,29,30,31)/t17-,20?/m0/s1. The zero-order chi connectivity index (χ0) is 23.9. The van der Waals surface area contributed by atoms with Crippen LogP contribution < -0.4 is 10.6 Å². The summed E-state index contributed by atoms with van der Waals surface area (Å²) in [5.74, 6) is 0.0668. The molecule has 2 bridgehead atoms. The van der Waals surface area contributed by atoms with E-state index in [0.29, 0.717) is 24.3 Å². The van der Waals surface area contributed by atoms with E-state index in [0.717, 1.165) is 38.5 Å². The highest BCUT2D eigenvalue weighted by atomic mass is 19.4. The lowest BCUT2D eigenvalue weighted by Crippen LogP contribution is -2.47. The molecule has 2 aromatic rings. The summed E-state index contributed by atoms with van der Waals surface area (Å²) in [6.07, 6.45) is 1.16. The summed E-state index contributed by atoms with van der Waals surface area (Å²) in [6, 6.07) is 6.74. The Balaban J connectivity index is 1.29. The van der Waals surface area contributed by atoms with E-state index in [1.165, 1.54) is 5.57 Å². The normalized spacial score (nSPS) is 22.6. The molecule has 34 heavy (non-hydrogen) atoms. The van der Waals surface area contributed by atoms with Crippen LogP contribution in [-0.2, 0) is 6.18 Å². The van der Waals surface area contributed by atoms with Crippen LogP contribution in [0.15, 0.2) is 42.1 Å². The van der Waals surface area contributed by atoms with Gasteiger partial charge in [-0.3, -0.25) is 4.79 Å². The monoisotopic (exact) mass is 472 g/mol. The van der Waals surface area contributed by atoms with Crippen molar-refractivity contribution in [2.45, 2.75) is 31.5 Å². The second kappa shape index (κ2) is 8.90. The maximum absolute atomic E-state index is 13.6. The maximum atomic E-state index is 13.6. The molecule has 5 rings (SSSR count). The molecule has 1 unspecified atom stereocenters. The Morgan fingerprint density at radius 3 is 2.47 bits per heavy atom. The molecule has 2 heterocycles. The van der Waals surface area contributed by atoms with Gasteiger partial charge < -0.3 is 20.4 Å². The van der Waals surface area contributed by atoms with Crippen LogP contribution in [0.25, 0.3) is 0 Å². The molecule has 0 spiro atoms. The van der Waals surface area contributed by atoms with E-state index in [1.807, 2.05) is 11.9 Å². The Hall–Kier alpha value is -3.14. The molecular weight excluding hydrogens is 445 g/mol. The fourth-order valence-electron chi connectivity index (χ4n) is 4.85. The van der Waals surface area contributed by atoms with Crippen molar-refractivity contribution in [3.05, 3.63) is 53.2 Å². The molecule has 0 saturated carbocycles. The number of rotatable bonds is 5. The molecule has 10 heteroatoms. The number of alkyl halides is 3. The van der Waals surface area contributed by atoms with Crippen LogP contribution >= 0.6 is 0 Å². The van der Waals surface area contributed by atoms with E-state index in [1.54, 1.807) is 24.3 Å². The number of halogens is 3. The van der Waals surface area contributed by atoms with Crippen LogP contribution in [0.2, 0.25) is 0 Å². The van der Waals surface area contributed by atoms with Gasteiger partial charge in [0.15, 0.2) is 0 Å². The molecule has 1 saturated heterocycles. The molecule has 1 aromatic heterocycles. The molecular formula is C24H27F3N6O. The zero-order valence-electron chi connectivity index (χ0n) is 18.9. The molecule has 2 N–H and O–H groups in total. The smallest absolute Gasteiger partial charge is 0.366 e. The van der Waals surface area contributed by atoms with Crippen LogP contribution in [0, 0.1) is 5.92 Å². The zero-order valence-corrected chi connectivity index (χ0v) is 18.9. The minimum absolute atomic E-state index is 0.0301. The highest BCUT2D eigenvalue weighted by Crippen LogP contribution is 2.41. The lowest BCUT2D eigenvalue weighted by Gasteiger charge is -2.32. The first kappa shape index (κ1) is 22.6. The summed E-state index contributed by atoms with van der Waals surface area (Å²) >= 11 is 0. The van der Waals surface area contributed by atoms with Crippen molar-refractivity contribution in [1.82, 2.24) is 19.8 Å². The number of anilines is 3. The third-order valence-electron chi connectivity index (χ3n) is 6.84. The SMILES string of the molecule is CN1CCN(C(=O)c2ccc(Nc3ncc(C(F)(F)F)c(NC4CC5=C[C@@H]4CC5)n3)cc2)CC1. The molecule has 180 valence electrons. The van der Waals surface area contributed by atoms with Crippen molar-refractivity contribution in [2.24, 2.45) is 5.92 Å². The number of carbonyl (C=O) groups is 1. The number of hydrogen-bond donors (Lipinski definition) is 2. The fourth-order valence-corrected chi connectivity index (χ4v) is 4.85. The molecule has 1 aromatic carbocycles. The summed E-state index contributed by atoms with van der Waals surface area (Å²) in [4.78, 5) is 24.8. The number of nitrogens with zero attached hydrogens (tertiary/aromatic N) is 4. The van der Waals surface area contributed by atoms with Crippen LogP contribution in [0.3, 0.4) is 0 Å². The van der Waals surface area contributed by atoms with E-state index in [2.05, 4.69) is 31.6 Å². The van der Waals surface area contributed by atoms with E-state index in [4.69, 9.17) is 0 Å². The van der Waals surface area contributed by atoms with Gasteiger partial charge in [0, 0.05) is 49.7 Å². The third-order valence-corrected chi connectivity index (χ3v) is 6.84. The highest BCUT2D eigenvalue weighted by Gasteiger charge is 2.38. The number of nitrogens with one attached hydrogen (secondary N) is 2. The highest BCUT2D eigenvalue weighted by molar-refractivity contribution is 5.94.